The van der Waals surface area contributed by atoms with Crippen molar-refractivity contribution in [1.82, 2.24) is 5.32 Å². The second kappa shape index (κ2) is 39.8. The minimum Gasteiger partial charge on any atom is -0.480 e. The lowest BCUT2D eigenvalue weighted by Gasteiger charge is -2.18. The van der Waals surface area contributed by atoms with Crippen LogP contribution in [0.1, 0.15) is 206 Å². The standard InChI is InChI=1S/C44H82NO10P/c1-3-5-7-9-11-13-15-17-19-21-23-25-27-29-31-33-35-42(47)45-41(44(49)50)39-55-56(51,52)54-38-40(46)37-53-43(48)36-34-32-30-28-26-24-22-20-18-16-14-12-10-8-6-4-2/h19-22,40-41,46H,3-18,23-39H2,1-2H3,(H,45,47)(H,49,50)(H,51,52)/b21-19-,22-20-. The number of carboxylic acids is 1. The van der Waals surface area contributed by atoms with Crippen molar-refractivity contribution in [3.05, 3.63) is 24.3 Å². The first-order valence-corrected chi connectivity index (χ1v) is 23.9. The van der Waals surface area contributed by atoms with E-state index in [1.54, 1.807) is 0 Å². The van der Waals surface area contributed by atoms with Crippen LogP contribution in [0.2, 0.25) is 0 Å². The van der Waals surface area contributed by atoms with Crippen LogP contribution in [-0.4, -0.2) is 64.9 Å². The van der Waals surface area contributed by atoms with Crippen LogP contribution in [0.15, 0.2) is 24.3 Å². The SMILES string of the molecule is CCCCCCCCC/C=C\CCCCCCCC(=O)NC(COP(=O)(O)OCC(O)COC(=O)CCCCCCC/C=C\CCCCCCCCC)C(=O)O. The Morgan fingerprint density at radius 1 is 0.554 bits per heavy atom. The van der Waals surface area contributed by atoms with E-state index in [-0.39, 0.29) is 12.8 Å². The van der Waals surface area contributed by atoms with E-state index in [4.69, 9.17) is 13.8 Å². The molecule has 0 bridgehead atoms. The van der Waals surface area contributed by atoms with Gasteiger partial charge >= 0.3 is 19.8 Å². The molecular formula is C44H82NO10P. The number of aliphatic carboxylic acids is 1. The number of aliphatic hydroxyl groups is 1. The van der Waals surface area contributed by atoms with Gasteiger partial charge in [0.05, 0.1) is 13.2 Å². The summed E-state index contributed by atoms with van der Waals surface area (Å²) in [5, 5.41) is 21.8. The maximum atomic E-state index is 12.3. The number of aliphatic hydroxyl groups excluding tert-OH is 1. The van der Waals surface area contributed by atoms with E-state index in [2.05, 4.69) is 43.5 Å². The third-order valence-electron chi connectivity index (χ3n) is 9.71. The monoisotopic (exact) mass is 816 g/mol. The summed E-state index contributed by atoms with van der Waals surface area (Å²) < 4.78 is 26.8. The van der Waals surface area contributed by atoms with Crippen LogP contribution in [0, 0.1) is 0 Å². The smallest absolute Gasteiger partial charge is 0.472 e. The molecule has 0 aromatic heterocycles. The molecule has 12 heteroatoms. The van der Waals surface area contributed by atoms with Crippen LogP contribution >= 0.6 is 7.82 Å². The lowest BCUT2D eigenvalue weighted by atomic mass is 10.1. The molecular weight excluding hydrogens is 733 g/mol. The highest BCUT2D eigenvalue weighted by atomic mass is 31.2. The number of hydrogen-bond donors (Lipinski definition) is 4. The molecule has 0 aliphatic rings. The molecule has 1 amide bonds. The fraction of sp³-hybridized carbons (Fsp3) is 0.841. The normalized spacial score (nSPS) is 13.9. The average molecular weight is 816 g/mol. The van der Waals surface area contributed by atoms with E-state index in [1.807, 2.05) is 0 Å². The van der Waals surface area contributed by atoms with E-state index in [9.17, 15) is 34.1 Å². The van der Waals surface area contributed by atoms with E-state index in [1.165, 1.54) is 89.9 Å². The van der Waals surface area contributed by atoms with Crippen molar-refractivity contribution < 1.29 is 47.8 Å². The Balaban J connectivity index is 3.91. The van der Waals surface area contributed by atoms with Gasteiger partial charge in [-0.2, -0.15) is 0 Å². The van der Waals surface area contributed by atoms with Gasteiger partial charge in [0.2, 0.25) is 5.91 Å². The van der Waals surface area contributed by atoms with Gasteiger partial charge in [0.25, 0.3) is 0 Å². The van der Waals surface area contributed by atoms with Crippen molar-refractivity contribution in [3.63, 3.8) is 0 Å². The minimum absolute atomic E-state index is 0.137. The molecule has 4 N–H and O–H groups in total. The van der Waals surface area contributed by atoms with E-state index < -0.39 is 57.6 Å². The summed E-state index contributed by atoms with van der Waals surface area (Å²) in [5.74, 6) is -2.39. The number of phosphoric acid groups is 1. The van der Waals surface area contributed by atoms with Gasteiger partial charge in [0.1, 0.15) is 12.7 Å². The number of rotatable bonds is 42. The number of carbonyl (C=O) groups is 3. The van der Waals surface area contributed by atoms with Gasteiger partial charge < -0.3 is 25.2 Å². The van der Waals surface area contributed by atoms with Crippen LogP contribution in [0.3, 0.4) is 0 Å². The number of carboxylic acid groups (broad SMARTS) is 1. The maximum Gasteiger partial charge on any atom is 0.472 e. The Kier molecular flexibility index (Phi) is 38.3. The minimum atomic E-state index is -4.76. The van der Waals surface area contributed by atoms with Gasteiger partial charge in [0, 0.05) is 12.8 Å². The molecule has 3 atom stereocenters. The molecule has 0 aliphatic heterocycles. The van der Waals surface area contributed by atoms with Crippen LogP contribution in [0.5, 0.6) is 0 Å². The third-order valence-corrected chi connectivity index (χ3v) is 10.7. The van der Waals surface area contributed by atoms with Gasteiger partial charge in [-0.05, 0) is 64.2 Å². The Bertz CT molecular complexity index is 1050. The molecule has 0 radical (unpaired) electrons. The van der Waals surface area contributed by atoms with E-state index in [0.717, 1.165) is 77.0 Å². The maximum absolute atomic E-state index is 12.3. The molecule has 0 aliphatic carbocycles. The van der Waals surface area contributed by atoms with Crippen molar-refractivity contribution in [2.45, 2.75) is 219 Å². The molecule has 0 aromatic rings. The fourth-order valence-corrected chi connectivity index (χ4v) is 6.96. The van der Waals surface area contributed by atoms with Gasteiger partial charge in [-0.1, -0.05) is 154 Å². The van der Waals surface area contributed by atoms with Crippen molar-refractivity contribution in [2.75, 3.05) is 19.8 Å². The van der Waals surface area contributed by atoms with Crippen molar-refractivity contribution in [1.29, 1.82) is 0 Å². The molecule has 0 fully saturated rings. The third kappa shape index (κ3) is 38.8. The Labute approximate surface area is 340 Å². The number of phosphoric ester groups is 1. The zero-order valence-corrected chi connectivity index (χ0v) is 36.3. The quantitative estimate of drug-likeness (QED) is 0.0201. The number of allylic oxidation sites excluding steroid dienone is 4. The number of unbranched alkanes of at least 4 members (excludes halogenated alkanes) is 24. The first kappa shape index (κ1) is 54.0. The van der Waals surface area contributed by atoms with Crippen molar-refractivity contribution in [3.8, 4) is 0 Å². The van der Waals surface area contributed by atoms with Crippen LogP contribution < -0.4 is 5.32 Å². The second-order valence-corrected chi connectivity index (χ2v) is 16.7. The average Bonchev–Trinajstić information content (AvgIpc) is 3.17. The first-order chi connectivity index (χ1) is 27.1. The zero-order chi connectivity index (χ0) is 41.4. The lowest BCUT2D eigenvalue weighted by Crippen LogP contribution is -2.43. The molecule has 0 saturated carbocycles. The molecule has 0 spiro atoms. The fourth-order valence-electron chi connectivity index (χ4n) is 6.19. The number of hydrogen-bond acceptors (Lipinski definition) is 8. The number of carbonyl (C=O) groups excluding carboxylic acids is 2. The Morgan fingerprint density at radius 3 is 1.36 bits per heavy atom. The molecule has 0 heterocycles. The summed E-state index contributed by atoms with van der Waals surface area (Å²) >= 11 is 0. The van der Waals surface area contributed by atoms with Crippen LogP contribution in [-0.2, 0) is 32.7 Å². The highest BCUT2D eigenvalue weighted by Crippen LogP contribution is 2.43. The number of amides is 1. The van der Waals surface area contributed by atoms with Gasteiger partial charge in [0.15, 0.2) is 6.04 Å². The predicted molar refractivity (Wildman–Crippen MR) is 226 cm³/mol. The summed E-state index contributed by atoms with van der Waals surface area (Å²) in [4.78, 5) is 45.9. The summed E-state index contributed by atoms with van der Waals surface area (Å²) in [7, 11) is -4.76. The molecule has 56 heavy (non-hydrogen) atoms. The van der Waals surface area contributed by atoms with Gasteiger partial charge in [-0.25, -0.2) is 9.36 Å². The number of nitrogens with one attached hydrogen (secondary N) is 1. The number of esters is 1. The van der Waals surface area contributed by atoms with Crippen LogP contribution in [0.4, 0.5) is 0 Å². The van der Waals surface area contributed by atoms with Gasteiger partial charge in [-0.3, -0.25) is 18.6 Å². The van der Waals surface area contributed by atoms with Crippen molar-refractivity contribution >= 4 is 25.7 Å². The predicted octanol–water partition coefficient (Wildman–Crippen LogP) is 11.4. The molecule has 0 aromatic carbocycles. The summed E-state index contributed by atoms with van der Waals surface area (Å²) in [6.07, 6.45) is 40.5. The topological polar surface area (TPSA) is 169 Å². The van der Waals surface area contributed by atoms with Crippen LogP contribution in [0.25, 0.3) is 0 Å². The first-order valence-electron chi connectivity index (χ1n) is 22.4. The van der Waals surface area contributed by atoms with Crippen molar-refractivity contribution in [2.24, 2.45) is 0 Å². The molecule has 328 valence electrons. The molecule has 11 nitrogen and oxygen atoms in total. The second-order valence-electron chi connectivity index (χ2n) is 15.2. The van der Waals surface area contributed by atoms with E-state index in [0.29, 0.717) is 12.8 Å². The summed E-state index contributed by atoms with van der Waals surface area (Å²) in [6, 6.07) is -1.55. The van der Waals surface area contributed by atoms with Gasteiger partial charge in [-0.15, -0.1) is 0 Å². The largest absolute Gasteiger partial charge is 0.480 e. The van der Waals surface area contributed by atoms with E-state index >= 15 is 0 Å². The Morgan fingerprint density at radius 2 is 0.929 bits per heavy atom. The molecule has 0 saturated heterocycles. The zero-order valence-electron chi connectivity index (χ0n) is 35.4. The molecule has 0 rings (SSSR count). The Hall–Kier alpha value is -2.04. The number of ether oxygens (including phenoxy) is 1. The summed E-state index contributed by atoms with van der Waals surface area (Å²) in [5.41, 5.74) is 0. The summed E-state index contributed by atoms with van der Waals surface area (Å²) in [6.45, 7) is 2.58. The highest BCUT2D eigenvalue weighted by Gasteiger charge is 2.28. The lowest BCUT2D eigenvalue weighted by molar-refractivity contribution is -0.147. The highest BCUT2D eigenvalue weighted by molar-refractivity contribution is 7.47. The molecule has 3 unspecified atom stereocenters.